The van der Waals surface area contributed by atoms with E-state index in [9.17, 15) is 30.6 Å². The van der Waals surface area contributed by atoms with Crippen LogP contribution >= 0.6 is 0 Å². The molecule has 2 saturated heterocycles. The molecule has 0 aromatic rings. The van der Waals surface area contributed by atoms with Crippen LogP contribution in [0, 0.1) is 0 Å². The summed E-state index contributed by atoms with van der Waals surface area (Å²) in [6.45, 7) is -2.32. The van der Waals surface area contributed by atoms with Crippen molar-refractivity contribution in [1.82, 2.24) is 0 Å². The number of rotatable bonds is 5. The maximum Gasteiger partial charge on any atom is 0.224 e. The summed E-state index contributed by atoms with van der Waals surface area (Å²) in [5, 5.41) is 76.7. The highest BCUT2D eigenvalue weighted by atomic mass is 16.8. The molecule has 2 fully saturated rings. The van der Waals surface area contributed by atoms with E-state index in [1.807, 2.05) is 0 Å². The number of aliphatic hydroxyl groups is 8. The second-order valence-corrected chi connectivity index (χ2v) is 5.56. The Morgan fingerprint density at radius 2 is 1.39 bits per heavy atom. The summed E-state index contributed by atoms with van der Waals surface area (Å²) >= 11 is 0. The molecule has 11 nitrogen and oxygen atoms in total. The average molecular weight is 342 g/mol. The van der Waals surface area contributed by atoms with Crippen LogP contribution in [0.3, 0.4) is 0 Å². The Balaban J connectivity index is 2.18. The number of hydrogen-bond donors (Lipinski definition) is 8. The zero-order chi connectivity index (χ0) is 17.4. The number of aliphatic hydroxyl groups excluding tert-OH is 8. The van der Waals surface area contributed by atoms with Crippen LogP contribution < -0.4 is 0 Å². The van der Waals surface area contributed by atoms with Crippen molar-refractivity contribution in [2.45, 2.75) is 54.8 Å². The molecule has 2 rings (SSSR count). The topological polar surface area (TPSA) is 190 Å². The van der Waals surface area contributed by atoms with Gasteiger partial charge in [0.1, 0.15) is 49.3 Å². The predicted octanol–water partition coefficient (Wildman–Crippen LogP) is -5.40. The summed E-state index contributed by atoms with van der Waals surface area (Å²) in [6, 6.07) is 0. The third kappa shape index (κ3) is 3.23. The highest BCUT2D eigenvalue weighted by molar-refractivity contribution is 4.98. The lowest BCUT2D eigenvalue weighted by Crippen LogP contribution is -2.62. The zero-order valence-corrected chi connectivity index (χ0v) is 12.0. The first-order valence-corrected chi connectivity index (χ1v) is 7.05. The summed E-state index contributed by atoms with van der Waals surface area (Å²) in [5.41, 5.74) is 0. The van der Waals surface area contributed by atoms with E-state index in [1.54, 1.807) is 0 Å². The molecule has 0 aromatic heterocycles. The molecule has 0 aliphatic carbocycles. The zero-order valence-electron chi connectivity index (χ0n) is 12.0. The highest BCUT2D eigenvalue weighted by Crippen LogP contribution is 2.35. The van der Waals surface area contributed by atoms with Gasteiger partial charge in [-0.2, -0.15) is 0 Å². The highest BCUT2D eigenvalue weighted by Gasteiger charge is 2.58. The molecule has 2 aliphatic heterocycles. The molecule has 0 bridgehead atoms. The molecule has 0 spiro atoms. The lowest BCUT2D eigenvalue weighted by molar-refractivity contribution is -0.383. The van der Waals surface area contributed by atoms with Crippen molar-refractivity contribution < 1.29 is 55.1 Å². The molecule has 11 heteroatoms. The Morgan fingerprint density at radius 1 is 0.783 bits per heavy atom. The first-order valence-electron chi connectivity index (χ1n) is 7.05. The van der Waals surface area contributed by atoms with E-state index in [4.69, 9.17) is 24.4 Å². The van der Waals surface area contributed by atoms with Crippen LogP contribution in [0.4, 0.5) is 0 Å². The van der Waals surface area contributed by atoms with E-state index in [2.05, 4.69) is 0 Å². The maximum atomic E-state index is 10.00. The monoisotopic (exact) mass is 342 g/mol. The molecule has 8 N–H and O–H groups in total. The van der Waals surface area contributed by atoms with Gasteiger partial charge in [0.15, 0.2) is 6.29 Å². The van der Waals surface area contributed by atoms with E-state index in [-0.39, 0.29) is 0 Å². The van der Waals surface area contributed by atoms with Gasteiger partial charge in [-0.3, -0.25) is 0 Å². The van der Waals surface area contributed by atoms with Crippen molar-refractivity contribution in [3.63, 3.8) is 0 Å². The van der Waals surface area contributed by atoms with Crippen LogP contribution in [0.2, 0.25) is 0 Å². The van der Waals surface area contributed by atoms with Crippen molar-refractivity contribution in [2.24, 2.45) is 0 Å². The SMILES string of the molecule is OC[C@@H]1OC(O[C@@]2(CO)O[C@@H](CO)[C@H](O)[C@H]2O)[C@@H](O)[C@H](O)[C@H]1O. The molecule has 0 amide bonds. The molecule has 23 heavy (non-hydrogen) atoms. The Hall–Kier alpha value is -0.440. The van der Waals surface area contributed by atoms with Crippen LogP contribution in [0.5, 0.6) is 0 Å². The summed E-state index contributed by atoms with van der Waals surface area (Å²) < 4.78 is 15.4. The van der Waals surface area contributed by atoms with Gasteiger partial charge in [-0.25, -0.2) is 0 Å². The van der Waals surface area contributed by atoms with Crippen molar-refractivity contribution in [3.8, 4) is 0 Å². The minimum Gasteiger partial charge on any atom is -0.394 e. The van der Waals surface area contributed by atoms with Crippen LogP contribution in [-0.4, -0.2) is 115 Å². The minimum absolute atomic E-state index is 0.669. The molecule has 136 valence electrons. The average Bonchev–Trinajstić information content (AvgIpc) is 2.80. The standard InChI is InChI=1S/C12H22O11/c13-1-4-6(16)8(18)9(19)11(21-4)23-12(3-15)10(20)7(17)5(2-14)22-12/h4-11,13-20H,1-3H2/t4-,5-,6-,7-,8+,9-,10+,11?,12+/m0/s1. The van der Waals surface area contributed by atoms with Crippen molar-refractivity contribution in [2.75, 3.05) is 19.8 Å². The molecule has 9 atom stereocenters. The van der Waals surface area contributed by atoms with Crippen LogP contribution in [0.15, 0.2) is 0 Å². The van der Waals surface area contributed by atoms with Gasteiger partial charge in [0.2, 0.25) is 5.79 Å². The molecule has 2 heterocycles. The molecular formula is C12H22O11. The van der Waals surface area contributed by atoms with Gasteiger partial charge < -0.3 is 55.1 Å². The molecule has 1 unspecified atom stereocenters. The summed E-state index contributed by atoms with van der Waals surface area (Å²) in [6.07, 6.45) is -12.7. The van der Waals surface area contributed by atoms with Gasteiger partial charge in [-0.15, -0.1) is 0 Å². The molecule has 0 aromatic carbocycles. The largest absolute Gasteiger partial charge is 0.394 e. The Labute approximate surface area is 130 Å². The number of hydrogen-bond acceptors (Lipinski definition) is 11. The van der Waals surface area contributed by atoms with E-state index < -0.39 is 74.6 Å². The normalized spacial score (nSPS) is 51.1. The first kappa shape index (κ1) is 18.9. The summed E-state index contributed by atoms with van der Waals surface area (Å²) in [5.74, 6) is -2.22. The molecule has 0 radical (unpaired) electrons. The fourth-order valence-corrected chi connectivity index (χ4v) is 2.63. The van der Waals surface area contributed by atoms with Gasteiger partial charge >= 0.3 is 0 Å². The van der Waals surface area contributed by atoms with Crippen molar-refractivity contribution in [3.05, 3.63) is 0 Å². The van der Waals surface area contributed by atoms with E-state index in [0.717, 1.165) is 0 Å². The van der Waals surface area contributed by atoms with Gasteiger partial charge in [0, 0.05) is 0 Å². The molecular weight excluding hydrogens is 320 g/mol. The smallest absolute Gasteiger partial charge is 0.224 e. The van der Waals surface area contributed by atoms with E-state index in [1.165, 1.54) is 0 Å². The maximum absolute atomic E-state index is 10.00. The quantitative estimate of drug-likeness (QED) is 0.238. The van der Waals surface area contributed by atoms with Gasteiger partial charge in [0.05, 0.1) is 13.2 Å². The van der Waals surface area contributed by atoms with Crippen LogP contribution in [0.1, 0.15) is 0 Å². The summed E-state index contributed by atoms with van der Waals surface area (Å²) in [4.78, 5) is 0. The first-order chi connectivity index (χ1) is 10.8. The molecule has 0 saturated carbocycles. The lowest BCUT2D eigenvalue weighted by atomic mass is 9.99. The van der Waals surface area contributed by atoms with E-state index >= 15 is 0 Å². The Bertz CT molecular complexity index is 393. The van der Waals surface area contributed by atoms with Gasteiger partial charge in [0.25, 0.3) is 0 Å². The molecule has 2 aliphatic rings. The van der Waals surface area contributed by atoms with Crippen LogP contribution in [-0.2, 0) is 14.2 Å². The lowest BCUT2D eigenvalue weighted by Gasteiger charge is -2.43. The fraction of sp³-hybridized carbons (Fsp3) is 1.00. The van der Waals surface area contributed by atoms with Gasteiger partial charge in [-0.1, -0.05) is 0 Å². The predicted molar refractivity (Wildman–Crippen MR) is 68.6 cm³/mol. The Morgan fingerprint density at radius 3 is 1.87 bits per heavy atom. The van der Waals surface area contributed by atoms with E-state index in [0.29, 0.717) is 0 Å². The Kier molecular flexibility index (Phi) is 5.92. The third-order valence-corrected chi connectivity index (χ3v) is 4.07. The van der Waals surface area contributed by atoms with Crippen LogP contribution in [0.25, 0.3) is 0 Å². The third-order valence-electron chi connectivity index (χ3n) is 4.07. The second kappa shape index (κ2) is 7.21. The summed E-state index contributed by atoms with van der Waals surface area (Å²) in [7, 11) is 0. The second-order valence-electron chi connectivity index (χ2n) is 5.56. The number of ether oxygens (including phenoxy) is 3. The fourth-order valence-electron chi connectivity index (χ4n) is 2.63. The van der Waals surface area contributed by atoms with Crippen molar-refractivity contribution >= 4 is 0 Å². The minimum atomic E-state index is -2.22. The van der Waals surface area contributed by atoms with Crippen molar-refractivity contribution in [1.29, 1.82) is 0 Å². The van der Waals surface area contributed by atoms with Gasteiger partial charge in [-0.05, 0) is 0 Å².